The van der Waals surface area contributed by atoms with Crippen molar-refractivity contribution in [3.8, 4) is 0 Å². The van der Waals surface area contributed by atoms with Gasteiger partial charge >= 0.3 is 0 Å². The van der Waals surface area contributed by atoms with Crippen molar-refractivity contribution in [1.29, 1.82) is 0 Å². The molecule has 16 heavy (non-hydrogen) atoms. The average Bonchev–Trinajstić information content (AvgIpc) is 1.98. The predicted octanol–water partition coefficient (Wildman–Crippen LogP) is 3.06. The van der Waals surface area contributed by atoms with E-state index in [0.29, 0.717) is 25.2 Å². The highest BCUT2D eigenvalue weighted by Crippen LogP contribution is 2.30. The normalized spacial score (nSPS) is 13.6. The van der Waals surface area contributed by atoms with Gasteiger partial charge in [-0.3, -0.25) is 0 Å². The van der Waals surface area contributed by atoms with Crippen LogP contribution >= 0.6 is 0 Å². The van der Waals surface area contributed by atoms with Crippen LogP contribution in [0.5, 0.6) is 0 Å². The highest BCUT2D eigenvalue weighted by atomic mass is 16.3. The predicted molar refractivity (Wildman–Crippen MR) is 69.3 cm³/mol. The number of rotatable bonds is 8. The SMILES string of the molecule is C=C(C)CC(O)(CC(=C)C)CC(C)CCO. The number of hydrogen-bond acceptors (Lipinski definition) is 2. The Morgan fingerprint density at radius 1 is 1.19 bits per heavy atom. The van der Waals surface area contributed by atoms with E-state index in [1.54, 1.807) is 0 Å². The van der Waals surface area contributed by atoms with Gasteiger partial charge in [0.2, 0.25) is 0 Å². The summed E-state index contributed by atoms with van der Waals surface area (Å²) in [5.41, 5.74) is 1.23. The van der Waals surface area contributed by atoms with E-state index in [9.17, 15) is 5.11 Å². The third-order valence-electron chi connectivity index (χ3n) is 2.61. The molecule has 0 aliphatic rings. The summed E-state index contributed by atoms with van der Waals surface area (Å²) in [7, 11) is 0. The van der Waals surface area contributed by atoms with Crippen molar-refractivity contribution in [2.45, 2.75) is 52.1 Å². The van der Waals surface area contributed by atoms with Crippen LogP contribution in [0.1, 0.15) is 46.5 Å². The Balaban J connectivity index is 4.51. The van der Waals surface area contributed by atoms with Crippen LogP contribution in [0.3, 0.4) is 0 Å². The fraction of sp³-hybridized carbons (Fsp3) is 0.714. The maximum absolute atomic E-state index is 10.5. The molecule has 2 nitrogen and oxygen atoms in total. The lowest BCUT2D eigenvalue weighted by Gasteiger charge is -2.31. The molecule has 2 N–H and O–H groups in total. The molecule has 1 atom stereocenters. The molecular formula is C14H26O2. The molecular weight excluding hydrogens is 200 g/mol. The Labute approximate surface area is 99.7 Å². The van der Waals surface area contributed by atoms with Gasteiger partial charge in [0.15, 0.2) is 0 Å². The maximum atomic E-state index is 10.5. The van der Waals surface area contributed by atoms with Crippen LogP contribution in [0.2, 0.25) is 0 Å². The second-order valence-corrected chi connectivity index (χ2v) is 5.31. The highest BCUT2D eigenvalue weighted by Gasteiger charge is 2.28. The van der Waals surface area contributed by atoms with Crippen molar-refractivity contribution in [2.75, 3.05) is 6.61 Å². The minimum absolute atomic E-state index is 0.178. The summed E-state index contributed by atoms with van der Waals surface area (Å²) in [5, 5.41) is 19.4. The lowest BCUT2D eigenvalue weighted by atomic mass is 9.81. The Kier molecular flexibility index (Phi) is 6.61. The molecule has 0 fully saturated rings. The molecule has 0 rings (SSSR count). The fourth-order valence-corrected chi connectivity index (χ4v) is 2.30. The first-order chi connectivity index (χ1) is 7.29. The summed E-state index contributed by atoms with van der Waals surface area (Å²) in [6.07, 6.45) is 2.63. The minimum Gasteiger partial charge on any atom is -0.396 e. The topological polar surface area (TPSA) is 40.5 Å². The maximum Gasteiger partial charge on any atom is 0.0723 e. The van der Waals surface area contributed by atoms with Gasteiger partial charge in [0.25, 0.3) is 0 Å². The van der Waals surface area contributed by atoms with Crippen molar-refractivity contribution in [2.24, 2.45) is 5.92 Å². The van der Waals surface area contributed by atoms with Crippen molar-refractivity contribution >= 4 is 0 Å². The highest BCUT2D eigenvalue weighted by molar-refractivity contribution is 5.04. The van der Waals surface area contributed by atoms with E-state index in [1.807, 2.05) is 13.8 Å². The Morgan fingerprint density at radius 2 is 1.62 bits per heavy atom. The molecule has 0 amide bonds. The molecule has 0 aromatic carbocycles. The zero-order valence-electron chi connectivity index (χ0n) is 10.9. The third kappa shape index (κ3) is 6.81. The quantitative estimate of drug-likeness (QED) is 0.624. The van der Waals surface area contributed by atoms with Gasteiger partial charge in [-0.25, -0.2) is 0 Å². The molecule has 0 aromatic heterocycles. The zero-order chi connectivity index (χ0) is 12.8. The van der Waals surface area contributed by atoms with Gasteiger partial charge in [0, 0.05) is 6.61 Å². The second-order valence-electron chi connectivity index (χ2n) is 5.31. The Hall–Kier alpha value is -0.600. The molecule has 0 radical (unpaired) electrons. The van der Waals surface area contributed by atoms with Gasteiger partial charge in [0.05, 0.1) is 5.60 Å². The summed E-state index contributed by atoms with van der Waals surface area (Å²) in [6, 6.07) is 0. The van der Waals surface area contributed by atoms with E-state index in [-0.39, 0.29) is 6.61 Å². The number of aliphatic hydroxyl groups excluding tert-OH is 1. The smallest absolute Gasteiger partial charge is 0.0723 e. The summed E-state index contributed by atoms with van der Waals surface area (Å²) in [4.78, 5) is 0. The van der Waals surface area contributed by atoms with Crippen molar-refractivity contribution in [3.05, 3.63) is 24.3 Å². The summed E-state index contributed by atoms with van der Waals surface area (Å²) < 4.78 is 0. The van der Waals surface area contributed by atoms with E-state index in [4.69, 9.17) is 5.11 Å². The first kappa shape index (κ1) is 15.4. The van der Waals surface area contributed by atoms with Crippen LogP contribution in [0.4, 0.5) is 0 Å². The molecule has 0 saturated carbocycles. The molecule has 2 heteroatoms. The first-order valence-electron chi connectivity index (χ1n) is 5.91. The molecule has 1 unspecified atom stereocenters. The van der Waals surface area contributed by atoms with Gasteiger partial charge in [-0.2, -0.15) is 0 Å². The van der Waals surface area contributed by atoms with Gasteiger partial charge in [-0.1, -0.05) is 18.1 Å². The van der Waals surface area contributed by atoms with E-state index >= 15 is 0 Å². The molecule has 0 aliphatic heterocycles. The second kappa shape index (κ2) is 6.87. The minimum atomic E-state index is -0.744. The van der Waals surface area contributed by atoms with E-state index in [1.165, 1.54) is 0 Å². The zero-order valence-corrected chi connectivity index (χ0v) is 10.9. The summed E-state index contributed by atoms with van der Waals surface area (Å²) in [6.45, 7) is 13.8. The van der Waals surface area contributed by atoms with Gasteiger partial charge < -0.3 is 10.2 Å². The van der Waals surface area contributed by atoms with Crippen LogP contribution in [0, 0.1) is 5.92 Å². The molecule has 94 valence electrons. The average molecular weight is 226 g/mol. The molecule has 0 heterocycles. The van der Waals surface area contributed by atoms with Gasteiger partial charge in [-0.05, 0) is 45.4 Å². The monoisotopic (exact) mass is 226 g/mol. The lowest BCUT2D eigenvalue weighted by Crippen LogP contribution is -2.31. The van der Waals surface area contributed by atoms with Crippen molar-refractivity contribution in [1.82, 2.24) is 0 Å². The van der Waals surface area contributed by atoms with Crippen LogP contribution in [-0.2, 0) is 0 Å². The van der Waals surface area contributed by atoms with Crippen LogP contribution in [0.25, 0.3) is 0 Å². The number of hydrogen-bond donors (Lipinski definition) is 2. The van der Waals surface area contributed by atoms with Gasteiger partial charge in [0.1, 0.15) is 0 Å². The van der Waals surface area contributed by atoms with Gasteiger partial charge in [-0.15, -0.1) is 13.2 Å². The first-order valence-corrected chi connectivity index (χ1v) is 5.91. The van der Waals surface area contributed by atoms with Crippen molar-refractivity contribution in [3.63, 3.8) is 0 Å². The Morgan fingerprint density at radius 3 is 1.94 bits per heavy atom. The third-order valence-corrected chi connectivity index (χ3v) is 2.61. The van der Waals surface area contributed by atoms with Crippen LogP contribution in [0.15, 0.2) is 24.3 Å². The van der Waals surface area contributed by atoms with E-state index in [0.717, 1.165) is 17.6 Å². The van der Waals surface area contributed by atoms with E-state index < -0.39 is 5.60 Å². The standard InChI is InChI=1S/C14H26O2/c1-11(2)8-14(16,9-12(3)4)10-13(5)6-7-15/h13,15-16H,1,3,6-10H2,2,4-5H3. The fourth-order valence-electron chi connectivity index (χ4n) is 2.30. The molecule has 0 aliphatic carbocycles. The summed E-state index contributed by atoms with van der Waals surface area (Å²) >= 11 is 0. The van der Waals surface area contributed by atoms with Crippen molar-refractivity contribution < 1.29 is 10.2 Å². The van der Waals surface area contributed by atoms with Crippen LogP contribution in [-0.4, -0.2) is 22.4 Å². The molecule has 0 saturated heterocycles. The number of aliphatic hydroxyl groups is 2. The van der Waals surface area contributed by atoms with E-state index in [2.05, 4.69) is 20.1 Å². The molecule has 0 spiro atoms. The lowest BCUT2D eigenvalue weighted by molar-refractivity contribution is 0.0153. The molecule has 0 bridgehead atoms. The summed E-state index contributed by atoms with van der Waals surface area (Å²) in [5.74, 6) is 0.314. The molecule has 0 aromatic rings. The Bertz CT molecular complexity index is 227. The van der Waals surface area contributed by atoms with Crippen LogP contribution < -0.4 is 0 Å². The largest absolute Gasteiger partial charge is 0.396 e.